The van der Waals surface area contributed by atoms with E-state index in [-0.39, 0.29) is 10.8 Å². The number of anilines is 2. The van der Waals surface area contributed by atoms with Crippen LogP contribution in [0.4, 0.5) is 10.8 Å². The van der Waals surface area contributed by atoms with Crippen molar-refractivity contribution >= 4 is 48.3 Å². The lowest BCUT2D eigenvalue weighted by atomic mass is 10.2. The predicted molar refractivity (Wildman–Crippen MR) is 138 cm³/mol. The number of nitrogens with zero attached hydrogens (tertiary/aromatic N) is 3. The highest BCUT2D eigenvalue weighted by Gasteiger charge is 2.21. The second-order valence-corrected chi connectivity index (χ2v) is 10.8. The minimum atomic E-state index is -3.70. The zero-order chi connectivity index (χ0) is 24.1. The van der Waals surface area contributed by atoms with E-state index in [0.29, 0.717) is 22.9 Å². The van der Waals surface area contributed by atoms with Crippen LogP contribution in [0.3, 0.4) is 0 Å². The number of aromatic nitrogens is 1. The Morgan fingerprint density at radius 2 is 1.59 bits per heavy atom. The van der Waals surface area contributed by atoms with Gasteiger partial charge in [0.25, 0.3) is 15.9 Å². The van der Waals surface area contributed by atoms with E-state index in [0.717, 1.165) is 23.2 Å². The summed E-state index contributed by atoms with van der Waals surface area (Å²) in [7, 11) is 0.299. The molecule has 0 aliphatic carbocycles. The van der Waals surface area contributed by atoms with E-state index in [9.17, 15) is 13.2 Å². The lowest BCUT2D eigenvalue weighted by Crippen LogP contribution is -2.33. The molecule has 1 aromatic heterocycles. The fourth-order valence-electron chi connectivity index (χ4n) is 3.46. The number of fused-ring (bicyclic) bond motifs is 1. The summed E-state index contributed by atoms with van der Waals surface area (Å²) >= 11 is 1.48. The van der Waals surface area contributed by atoms with Gasteiger partial charge in [-0.15, -0.1) is 0 Å². The van der Waals surface area contributed by atoms with Gasteiger partial charge in [0.05, 0.1) is 15.1 Å². The summed E-state index contributed by atoms with van der Waals surface area (Å²) in [6.45, 7) is 1.37. The first kappa shape index (κ1) is 23.9. The van der Waals surface area contributed by atoms with Crippen molar-refractivity contribution in [1.82, 2.24) is 9.88 Å². The van der Waals surface area contributed by atoms with Gasteiger partial charge in [0.1, 0.15) is 0 Å². The number of carbonyl (C=O) groups excluding carboxylic acids is 1. The monoisotopic (exact) mass is 494 g/mol. The van der Waals surface area contributed by atoms with Gasteiger partial charge in [0.2, 0.25) is 0 Å². The number of benzene rings is 3. The number of rotatable bonds is 9. The molecule has 0 radical (unpaired) electrons. The third-order valence-electron chi connectivity index (χ3n) is 5.18. The molecule has 0 atom stereocenters. The highest BCUT2D eigenvalue weighted by molar-refractivity contribution is 7.92. The number of amides is 1. The van der Waals surface area contributed by atoms with Crippen LogP contribution in [0, 0.1) is 0 Å². The van der Waals surface area contributed by atoms with Crippen LogP contribution in [-0.2, 0) is 10.0 Å². The molecule has 0 aliphatic heterocycles. The number of hydrogen-bond donors (Lipinski definition) is 1. The molecule has 9 heteroatoms. The zero-order valence-corrected chi connectivity index (χ0v) is 20.6. The molecule has 0 aliphatic rings. The van der Waals surface area contributed by atoms with Crippen molar-refractivity contribution in [2.24, 2.45) is 0 Å². The third-order valence-corrected chi connectivity index (χ3v) is 7.64. The Bertz CT molecular complexity index is 1340. The molecule has 0 spiro atoms. The molecular weight excluding hydrogens is 468 g/mol. The van der Waals surface area contributed by atoms with Crippen LogP contribution in [0.2, 0.25) is 0 Å². The number of carbonyl (C=O) groups is 1. The third kappa shape index (κ3) is 5.61. The Morgan fingerprint density at radius 1 is 0.912 bits per heavy atom. The van der Waals surface area contributed by atoms with Crippen molar-refractivity contribution in [3.63, 3.8) is 0 Å². The Kier molecular flexibility index (Phi) is 7.26. The van der Waals surface area contributed by atoms with Gasteiger partial charge in [-0.1, -0.05) is 41.7 Å². The van der Waals surface area contributed by atoms with Crippen LogP contribution in [-0.4, -0.2) is 51.4 Å². The topological polar surface area (TPSA) is 82.6 Å². The Hall–Kier alpha value is -3.27. The average molecular weight is 495 g/mol. The number of para-hydroxylation sites is 1. The van der Waals surface area contributed by atoms with Crippen LogP contribution < -0.4 is 9.62 Å². The summed E-state index contributed by atoms with van der Waals surface area (Å²) < 4.78 is 28.7. The van der Waals surface area contributed by atoms with Crippen molar-refractivity contribution < 1.29 is 13.2 Å². The predicted octanol–water partition coefficient (Wildman–Crippen LogP) is 4.70. The molecule has 3 aromatic carbocycles. The maximum Gasteiger partial charge on any atom is 0.261 e. The smallest absolute Gasteiger partial charge is 0.261 e. The van der Waals surface area contributed by atoms with Crippen LogP contribution in [0.1, 0.15) is 16.8 Å². The maximum absolute atomic E-state index is 13.5. The first-order chi connectivity index (χ1) is 16.3. The van der Waals surface area contributed by atoms with Crippen LogP contribution in [0.25, 0.3) is 10.2 Å². The second kappa shape index (κ2) is 10.3. The molecule has 1 amide bonds. The highest BCUT2D eigenvalue weighted by Crippen LogP contribution is 2.30. The van der Waals surface area contributed by atoms with Crippen molar-refractivity contribution in [1.29, 1.82) is 0 Å². The Balaban J connectivity index is 1.56. The summed E-state index contributed by atoms with van der Waals surface area (Å²) in [6, 6.07) is 22.5. The van der Waals surface area contributed by atoms with Crippen molar-refractivity contribution in [2.45, 2.75) is 11.3 Å². The van der Waals surface area contributed by atoms with E-state index >= 15 is 0 Å². The lowest BCUT2D eigenvalue weighted by Gasteiger charge is -2.21. The maximum atomic E-state index is 13.5. The molecule has 0 fully saturated rings. The number of nitrogens with one attached hydrogen (secondary N) is 1. The molecule has 4 rings (SSSR count). The molecule has 0 bridgehead atoms. The number of hydrogen-bond acceptors (Lipinski definition) is 6. The summed E-state index contributed by atoms with van der Waals surface area (Å²) in [5, 5.41) is 0.652. The van der Waals surface area contributed by atoms with Crippen LogP contribution >= 0.6 is 11.3 Å². The van der Waals surface area contributed by atoms with Gasteiger partial charge in [-0.2, -0.15) is 0 Å². The van der Waals surface area contributed by atoms with Gasteiger partial charge < -0.3 is 4.90 Å². The largest absolute Gasteiger partial charge is 0.309 e. The van der Waals surface area contributed by atoms with Gasteiger partial charge in [0.15, 0.2) is 5.13 Å². The summed E-state index contributed by atoms with van der Waals surface area (Å²) in [5.41, 5.74) is 1.71. The average Bonchev–Trinajstić information content (AvgIpc) is 3.26. The number of sulfonamides is 1. The summed E-state index contributed by atoms with van der Waals surface area (Å²) in [5.74, 6) is -0.171. The van der Waals surface area contributed by atoms with E-state index in [4.69, 9.17) is 0 Å². The summed E-state index contributed by atoms with van der Waals surface area (Å²) in [6.07, 6.45) is 0.795. The van der Waals surface area contributed by atoms with E-state index in [1.807, 2.05) is 38.4 Å². The molecule has 0 unspecified atom stereocenters. The molecule has 0 saturated heterocycles. The van der Waals surface area contributed by atoms with Gasteiger partial charge in [0, 0.05) is 17.8 Å². The number of thiazole rings is 1. The Labute approximate surface area is 203 Å². The minimum absolute atomic E-state index is 0.171. The fraction of sp³-hybridized carbons (Fsp3) is 0.200. The normalized spacial score (nSPS) is 11.6. The first-order valence-corrected chi connectivity index (χ1v) is 13.1. The zero-order valence-electron chi connectivity index (χ0n) is 19.0. The van der Waals surface area contributed by atoms with Gasteiger partial charge >= 0.3 is 0 Å². The fourth-order valence-corrected chi connectivity index (χ4v) is 5.52. The van der Waals surface area contributed by atoms with Gasteiger partial charge in [-0.05, 0) is 75.6 Å². The molecule has 1 N–H and O–H groups in total. The van der Waals surface area contributed by atoms with E-state index in [2.05, 4.69) is 14.6 Å². The quantitative estimate of drug-likeness (QED) is 0.365. The van der Waals surface area contributed by atoms with Crippen LogP contribution in [0.15, 0.2) is 83.8 Å². The van der Waals surface area contributed by atoms with Crippen LogP contribution in [0.5, 0.6) is 0 Å². The SMILES string of the molecule is CN(C)CCCN(C(=O)c1ccc(NS(=O)(=O)c2ccccc2)cc1)c1nc2ccccc2s1. The molecule has 34 heavy (non-hydrogen) atoms. The summed E-state index contributed by atoms with van der Waals surface area (Å²) in [4.78, 5) is 22.1. The Morgan fingerprint density at radius 3 is 2.26 bits per heavy atom. The standard InChI is InChI=1S/C25H26N4O3S2/c1-28(2)17-8-18-29(25-26-22-11-6-7-12-23(22)33-25)24(30)19-13-15-20(16-14-19)27-34(31,32)21-9-4-3-5-10-21/h3-7,9-16,27H,8,17-18H2,1-2H3. The van der Waals surface area contributed by atoms with Crippen molar-refractivity contribution in [2.75, 3.05) is 36.8 Å². The second-order valence-electron chi connectivity index (χ2n) is 8.07. The molecule has 1 heterocycles. The van der Waals surface area contributed by atoms with E-state index < -0.39 is 10.0 Å². The molecule has 7 nitrogen and oxygen atoms in total. The van der Waals surface area contributed by atoms with Crippen molar-refractivity contribution in [3.05, 3.63) is 84.4 Å². The lowest BCUT2D eigenvalue weighted by molar-refractivity contribution is 0.0986. The first-order valence-electron chi connectivity index (χ1n) is 10.8. The van der Waals surface area contributed by atoms with E-state index in [1.165, 1.54) is 23.5 Å². The minimum Gasteiger partial charge on any atom is -0.309 e. The van der Waals surface area contributed by atoms with E-state index in [1.54, 1.807) is 47.4 Å². The molecule has 0 saturated carbocycles. The van der Waals surface area contributed by atoms with Gasteiger partial charge in [-0.3, -0.25) is 14.4 Å². The highest BCUT2D eigenvalue weighted by atomic mass is 32.2. The molecular formula is C25H26N4O3S2. The molecule has 176 valence electrons. The van der Waals surface area contributed by atoms with Crippen molar-refractivity contribution in [3.8, 4) is 0 Å². The van der Waals surface area contributed by atoms with Gasteiger partial charge in [-0.25, -0.2) is 13.4 Å². The molecule has 4 aromatic rings.